The van der Waals surface area contributed by atoms with Gasteiger partial charge in [0.15, 0.2) is 11.5 Å². The molecule has 0 unspecified atom stereocenters. The highest BCUT2D eigenvalue weighted by atomic mass is 32.1. The number of anilines is 3. The van der Waals surface area contributed by atoms with E-state index >= 15 is 0 Å². The number of piperidine rings is 1. The van der Waals surface area contributed by atoms with Crippen molar-refractivity contribution >= 4 is 34.1 Å². The van der Waals surface area contributed by atoms with Crippen LogP contribution in [0, 0.1) is 6.92 Å². The predicted molar refractivity (Wildman–Crippen MR) is 91.8 cm³/mol. The molecule has 1 fully saturated rings. The van der Waals surface area contributed by atoms with Gasteiger partial charge in [0.2, 0.25) is 0 Å². The van der Waals surface area contributed by atoms with Gasteiger partial charge in [-0.05, 0) is 50.5 Å². The summed E-state index contributed by atoms with van der Waals surface area (Å²) in [6, 6.07) is 1.82. The number of primary amides is 1. The van der Waals surface area contributed by atoms with Crippen LogP contribution in [0.3, 0.4) is 0 Å². The van der Waals surface area contributed by atoms with E-state index < -0.39 is 5.91 Å². The van der Waals surface area contributed by atoms with Crippen molar-refractivity contribution in [2.24, 2.45) is 5.73 Å². The lowest BCUT2D eigenvalue weighted by Crippen LogP contribution is -2.21. The first-order valence-electron chi connectivity index (χ1n) is 7.39. The van der Waals surface area contributed by atoms with Crippen molar-refractivity contribution < 1.29 is 4.79 Å². The van der Waals surface area contributed by atoms with Crippen LogP contribution in [-0.2, 0) is 0 Å². The molecule has 0 saturated carbocycles. The summed E-state index contributed by atoms with van der Waals surface area (Å²) in [6.45, 7) is 4.36. The van der Waals surface area contributed by atoms with Gasteiger partial charge < -0.3 is 22.1 Å². The van der Waals surface area contributed by atoms with Crippen molar-refractivity contribution in [1.29, 1.82) is 0 Å². The Hall–Kier alpha value is -2.26. The van der Waals surface area contributed by atoms with Gasteiger partial charge in [0.05, 0.1) is 11.9 Å². The van der Waals surface area contributed by atoms with Crippen molar-refractivity contribution in [2.75, 3.05) is 24.1 Å². The second-order valence-corrected chi connectivity index (χ2v) is 5.93. The fraction of sp³-hybridized carbons (Fsp3) is 0.429. The number of nitrogen functional groups attached to an aromatic ring is 1. The van der Waals surface area contributed by atoms with E-state index in [1.807, 2.05) is 13.0 Å². The molecule has 9 heteroatoms. The van der Waals surface area contributed by atoms with Crippen molar-refractivity contribution in [3.63, 3.8) is 0 Å². The SMILES string of the molecule is C1CCNCC1.Cc1cc(Nc2nc(N)cnc2C(N)=O)sn1. The van der Waals surface area contributed by atoms with Gasteiger partial charge in [-0.2, -0.15) is 4.37 Å². The molecule has 3 rings (SSSR count). The minimum absolute atomic E-state index is 0.0465. The smallest absolute Gasteiger partial charge is 0.271 e. The number of nitrogens with zero attached hydrogens (tertiary/aromatic N) is 3. The summed E-state index contributed by atoms with van der Waals surface area (Å²) >= 11 is 1.25. The molecule has 2 aromatic rings. The Labute approximate surface area is 138 Å². The van der Waals surface area contributed by atoms with Crippen LogP contribution in [-0.4, -0.2) is 33.3 Å². The summed E-state index contributed by atoms with van der Waals surface area (Å²) in [6.07, 6.45) is 5.50. The standard InChI is InChI=1S/C9H10N6OS.C5H11N/c1-4-2-6(17-15-4)14-9-7(8(11)16)12-3-5(10)13-9;1-2-4-6-5-3-1/h2-3H,1H3,(H2,11,16)(H3,10,13,14);6H,1-5H2. The summed E-state index contributed by atoms with van der Waals surface area (Å²) in [5, 5.41) is 6.94. The molecular formula is C14H21N7OS. The van der Waals surface area contributed by atoms with E-state index in [1.165, 1.54) is 50.1 Å². The highest BCUT2D eigenvalue weighted by molar-refractivity contribution is 7.10. The van der Waals surface area contributed by atoms with Crippen molar-refractivity contribution in [1.82, 2.24) is 19.7 Å². The number of carbonyl (C=O) groups excluding carboxylic acids is 1. The Morgan fingerprint density at radius 3 is 2.57 bits per heavy atom. The largest absolute Gasteiger partial charge is 0.382 e. The Morgan fingerprint density at radius 1 is 1.35 bits per heavy atom. The normalized spacial score (nSPS) is 13.8. The first-order chi connectivity index (χ1) is 11.1. The molecular weight excluding hydrogens is 314 g/mol. The fourth-order valence-corrected chi connectivity index (χ4v) is 2.67. The molecule has 1 aliphatic heterocycles. The summed E-state index contributed by atoms with van der Waals surface area (Å²) in [7, 11) is 0. The fourth-order valence-electron chi connectivity index (χ4n) is 2.01. The zero-order valence-corrected chi connectivity index (χ0v) is 13.8. The number of rotatable bonds is 3. The molecule has 1 aliphatic rings. The van der Waals surface area contributed by atoms with Crippen LogP contribution in [0.15, 0.2) is 12.3 Å². The lowest BCUT2D eigenvalue weighted by molar-refractivity contribution is 0.0996. The predicted octanol–water partition coefficient (Wildman–Crippen LogP) is 1.43. The van der Waals surface area contributed by atoms with Crippen molar-refractivity contribution in [2.45, 2.75) is 26.2 Å². The number of nitrogens with two attached hydrogens (primary N) is 2. The van der Waals surface area contributed by atoms with Gasteiger partial charge in [0.25, 0.3) is 5.91 Å². The molecule has 2 aromatic heterocycles. The zero-order chi connectivity index (χ0) is 16.7. The number of amides is 1. The van der Waals surface area contributed by atoms with E-state index in [1.54, 1.807) is 0 Å². The van der Waals surface area contributed by atoms with E-state index in [0.717, 1.165) is 10.7 Å². The molecule has 1 saturated heterocycles. The van der Waals surface area contributed by atoms with Gasteiger partial charge in [0.1, 0.15) is 10.8 Å². The van der Waals surface area contributed by atoms with Crippen LogP contribution in [0.4, 0.5) is 16.6 Å². The maximum Gasteiger partial charge on any atom is 0.271 e. The Balaban J connectivity index is 0.000000268. The molecule has 1 amide bonds. The third kappa shape index (κ3) is 5.46. The van der Waals surface area contributed by atoms with Gasteiger partial charge >= 0.3 is 0 Å². The first-order valence-corrected chi connectivity index (χ1v) is 8.17. The van der Waals surface area contributed by atoms with Crippen LogP contribution in [0.1, 0.15) is 35.4 Å². The number of hydrogen-bond donors (Lipinski definition) is 4. The highest BCUT2D eigenvalue weighted by Gasteiger charge is 2.13. The minimum Gasteiger partial charge on any atom is -0.382 e. The summed E-state index contributed by atoms with van der Waals surface area (Å²) in [5.74, 6) is -0.221. The molecule has 0 aromatic carbocycles. The molecule has 0 aliphatic carbocycles. The van der Waals surface area contributed by atoms with Gasteiger partial charge in [0, 0.05) is 0 Å². The van der Waals surface area contributed by atoms with E-state index in [0.29, 0.717) is 0 Å². The molecule has 0 bridgehead atoms. The van der Waals surface area contributed by atoms with E-state index in [9.17, 15) is 4.79 Å². The van der Waals surface area contributed by atoms with Gasteiger partial charge in [-0.3, -0.25) is 4.79 Å². The molecule has 0 spiro atoms. The van der Waals surface area contributed by atoms with E-state index in [2.05, 4.69) is 25.0 Å². The number of aryl methyl sites for hydroxylation is 1. The molecule has 0 radical (unpaired) electrons. The molecule has 8 nitrogen and oxygen atoms in total. The Bertz CT molecular complexity index is 643. The van der Waals surface area contributed by atoms with Gasteiger partial charge in [-0.1, -0.05) is 6.42 Å². The van der Waals surface area contributed by atoms with Crippen molar-refractivity contribution in [3.8, 4) is 0 Å². The average molecular weight is 335 g/mol. The summed E-state index contributed by atoms with van der Waals surface area (Å²) in [5.41, 5.74) is 11.6. The summed E-state index contributed by atoms with van der Waals surface area (Å²) in [4.78, 5) is 19.0. The monoisotopic (exact) mass is 335 g/mol. The maximum absolute atomic E-state index is 11.2. The molecule has 0 atom stereocenters. The number of nitrogens with one attached hydrogen (secondary N) is 2. The number of aromatic nitrogens is 3. The van der Waals surface area contributed by atoms with E-state index in [-0.39, 0.29) is 17.3 Å². The number of carbonyl (C=O) groups is 1. The topological polar surface area (TPSA) is 132 Å². The van der Waals surface area contributed by atoms with Crippen LogP contribution in [0.5, 0.6) is 0 Å². The molecule has 23 heavy (non-hydrogen) atoms. The lowest BCUT2D eigenvalue weighted by Gasteiger charge is -2.08. The number of hydrogen-bond acceptors (Lipinski definition) is 8. The Kier molecular flexibility index (Phi) is 6.24. The molecule has 6 N–H and O–H groups in total. The van der Waals surface area contributed by atoms with Crippen LogP contribution in [0.25, 0.3) is 0 Å². The third-order valence-corrected chi connectivity index (χ3v) is 3.90. The average Bonchev–Trinajstić information content (AvgIpc) is 2.94. The van der Waals surface area contributed by atoms with Crippen LogP contribution >= 0.6 is 11.5 Å². The second kappa shape index (κ2) is 8.39. The minimum atomic E-state index is -0.666. The van der Waals surface area contributed by atoms with Crippen LogP contribution < -0.4 is 22.1 Å². The molecule has 124 valence electrons. The van der Waals surface area contributed by atoms with Crippen molar-refractivity contribution in [3.05, 3.63) is 23.7 Å². The third-order valence-electron chi connectivity index (χ3n) is 3.10. The maximum atomic E-state index is 11.2. The second-order valence-electron chi connectivity index (χ2n) is 5.12. The first kappa shape index (κ1) is 17.1. The Morgan fingerprint density at radius 2 is 2.09 bits per heavy atom. The zero-order valence-electron chi connectivity index (χ0n) is 13.0. The summed E-state index contributed by atoms with van der Waals surface area (Å²) < 4.78 is 4.09. The molecule has 3 heterocycles. The van der Waals surface area contributed by atoms with Gasteiger partial charge in [-0.15, -0.1) is 0 Å². The van der Waals surface area contributed by atoms with Gasteiger partial charge in [-0.25, -0.2) is 9.97 Å². The van der Waals surface area contributed by atoms with Crippen LogP contribution in [0.2, 0.25) is 0 Å². The quantitative estimate of drug-likeness (QED) is 0.667. The van der Waals surface area contributed by atoms with E-state index in [4.69, 9.17) is 11.5 Å². The highest BCUT2D eigenvalue weighted by Crippen LogP contribution is 2.22. The lowest BCUT2D eigenvalue weighted by atomic mass is 10.2.